The Morgan fingerprint density at radius 1 is 0.828 bits per heavy atom. The van der Waals surface area contributed by atoms with Crippen molar-refractivity contribution in [1.82, 2.24) is 0 Å². The molecule has 0 spiro atoms. The van der Waals surface area contributed by atoms with Crippen LogP contribution in [0, 0.1) is 70.5 Å². The van der Waals surface area contributed by atoms with Gasteiger partial charge >= 0.3 is 0 Å². The van der Waals surface area contributed by atoms with Crippen molar-refractivity contribution in [2.45, 2.75) is 112 Å². The number of fused-ring (bicyclic) bond motifs is 5. The maximum absolute atomic E-state index is 5.83. The first-order valence-electron chi connectivity index (χ1n) is 13.3. The van der Waals surface area contributed by atoms with Gasteiger partial charge in [-0.05, 0) is 116 Å². The largest absolute Gasteiger partial charge is 0.120 e. The predicted octanol–water partition coefficient (Wildman–Crippen LogP) is 8.36. The minimum atomic E-state index is 0.472. The molecule has 0 aromatic heterocycles. The first-order valence-corrected chi connectivity index (χ1v) is 13.3. The van der Waals surface area contributed by atoms with Crippen LogP contribution in [0.5, 0.6) is 0 Å². The van der Waals surface area contributed by atoms with Crippen LogP contribution >= 0.6 is 0 Å². The van der Waals surface area contributed by atoms with Crippen molar-refractivity contribution in [1.29, 1.82) is 0 Å². The Kier molecular flexibility index (Phi) is 6.19. The third-order valence-electron chi connectivity index (χ3n) is 11.3. The van der Waals surface area contributed by atoms with Gasteiger partial charge in [-0.3, -0.25) is 0 Å². The maximum atomic E-state index is 5.83. The van der Waals surface area contributed by atoms with Crippen LogP contribution < -0.4 is 0 Å². The van der Waals surface area contributed by atoms with Gasteiger partial charge in [0.1, 0.15) is 0 Å². The Bertz CT molecular complexity index is 610. The lowest BCUT2D eigenvalue weighted by Crippen LogP contribution is -2.53. The second-order valence-corrected chi connectivity index (χ2v) is 12.7. The summed E-state index contributed by atoms with van der Waals surface area (Å²) in [5, 5.41) is 0. The van der Waals surface area contributed by atoms with Gasteiger partial charge in [0.2, 0.25) is 0 Å². The molecule has 0 heterocycles. The van der Waals surface area contributed by atoms with E-state index in [4.69, 9.17) is 6.42 Å². The molecule has 0 nitrogen and oxygen atoms in total. The van der Waals surface area contributed by atoms with Crippen molar-refractivity contribution in [2.24, 2.45) is 58.2 Å². The number of rotatable bonds is 5. The molecule has 164 valence electrons. The molecule has 0 aromatic carbocycles. The molecule has 9 atom stereocenters. The second-order valence-electron chi connectivity index (χ2n) is 12.7. The number of hydrogen-bond donors (Lipinski definition) is 0. The molecule has 29 heavy (non-hydrogen) atoms. The van der Waals surface area contributed by atoms with Crippen LogP contribution in [0.15, 0.2) is 0 Å². The average Bonchev–Trinajstić information content (AvgIpc) is 3.05. The summed E-state index contributed by atoms with van der Waals surface area (Å²) in [6.07, 6.45) is 23.7. The highest BCUT2D eigenvalue weighted by Gasteiger charge is 2.60. The van der Waals surface area contributed by atoms with Crippen molar-refractivity contribution in [3.8, 4) is 12.3 Å². The molecule has 4 aliphatic rings. The fourth-order valence-corrected chi connectivity index (χ4v) is 9.52. The van der Waals surface area contributed by atoms with E-state index in [1.165, 1.54) is 64.2 Å². The van der Waals surface area contributed by atoms with E-state index >= 15 is 0 Å². The molecule has 4 saturated carbocycles. The van der Waals surface area contributed by atoms with Crippen molar-refractivity contribution < 1.29 is 0 Å². The minimum absolute atomic E-state index is 0.472. The van der Waals surface area contributed by atoms with E-state index in [0.29, 0.717) is 22.7 Å². The molecule has 0 bridgehead atoms. The zero-order chi connectivity index (χ0) is 20.8. The standard InChI is InChI=1S/C29H48/c1-7-22(20(2)3)12-11-21(4)25-15-16-26-24-14-13-23-10-8-9-18-28(23,5)27(24)17-19-29(25,26)6/h1,20-27H,8-19H2,2-6H3/t21-,22-,23?,24+,25-,26+,27+,28+,29-/m1/s1. The van der Waals surface area contributed by atoms with Crippen molar-refractivity contribution in [3.63, 3.8) is 0 Å². The quantitative estimate of drug-likeness (QED) is 0.409. The van der Waals surface area contributed by atoms with Gasteiger partial charge in [-0.25, -0.2) is 0 Å². The summed E-state index contributed by atoms with van der Waals surface area (Å²) in [5.41, 5.74) is 1.30. The molecule has 4 fully saturated rings. The lowest BCUT2D eigenvalue weighted by Gasteiger charge is -2.61. The van der Waals surface area contributed by atoms with Gasteiger partial charge in [0.25, 0.3) is 0 Å². The first-order chi connectivity index (χ1) is 13.8. The smallest absolute Gasteiger partial charge is 0.0223 e. The molecule has 0 aromatic rings. The minimum Gasteiger partial charge on any atom is -0.120 e. The Hall–Kier alpha value is -0.440. The van der Waals surface area contributed by atoms with Crippen molar-refractivity contribution >= 4 is 0 Å². The highest BCUT2D eigenvalue weighted by atomic mass is 14.6. The van der Waals surface area contributed by atoms with Gasteiger partial charge in [0, 0.05) is 5.92 Å². The molecular weight excluding hydrogens is 348 g/mol. The fraction of sp³-hybridized carbons (Fsp3) is 0.931. The molecule has 0 heteroatoms. The third kappa shape index (κ3) is 3.62. The average molecular weight is 397 g/mol. The zero-order valence-electron chi connectivity index (χ0n) is 20.2. The summed E-state index contributed by atoms with van der Waals surface area (Å²) in [4.78, 5) is 0. The normalized spacial score (nSPS) is 46.3. The number of hydrogen-bond acceptors (Lipinski definition) is 0. The molecular formula is C29H48. The van der Waals surface area contributed by atoms with Gasteiger partial charge in [0.05, 0.1) is 0 Å². The topological polar surface area (TPSA) is 0 Å². The summed E-state index contributed by atoms with van der Waals surface area (Å²) >= 11 is 0. The SMILES string of the molecule is C#C[C@H](CC[C@@H](C)[C@H]1CC[C@H]2[C@@H]3CCC4CCCC[C@]4(C)[C@H]3CC[C@]12C)C(C)C. The summed E-state index contributed by atoms with van der Waals surface area (Å²) in [6.45, 7) is 12.6. The van der Waals surface area contributed by atoms with Crippen molar-refractivity contribution in [3.05, 3.63) is 0 Å². The highest BCUT2D eigenvalue weighted by molar-refractivity contribution is 5.09. The van der Waals surface area contributed by atoms with Crippen molar-refractivity contribution in [2.75, 3.05) is 0 Å². The first kappa shape index (κ1) is 21.8. The Morgan fingerprint density at radius 2 is 1.59 bits per heavy atom. The van der Waals surface area contributed by atoms with Crippen LogP contribution in [0.2, 0.25) is 0 Å². The van der Waals surface area contributed by atoms with E-state index in [0.717, 1.165) is 35.5 Å². The van der Waals surface area contributed by atoms with Gasteiger partial charge in [0.15, 0.2) is 0 Å². The molecule has 4 rings (SSSR count). The van der Waals surface area contributed by atoms with E-state index in [9.17, 15) is 0 Å². The molecule has 0 N–H and O–H groups in total. The highest BCUT2D eigenvalue weighted by Crippen LogP contribution is 2.68. The van der Waals surface area contributed by atoms with E-state index in [1.54, 1.807) is 12.8 Å². The Labute approximate surface area is 182 Å². The Balaban J connectivity index is 1.46. The van der Waals surface area contributed by atoms with Crippen LogP contribution in [-0.4, -0.2) is 0 Å². The molecule has 1 unspecified atom stereocenters. The molecule has 4 aliphatic carbocycles. The van der Waals surface area contributed by atoms with E-state index in [1.807, 2.05) is 0 Å². The van der Waals surface area contributed by atoms with E-state index in [-0.39, 0.29) is 0 Å². The van der Waals surface area contributed by atoms with Crippen LogP contribution in [0.4, 0.5) is 0 Å². The summed E-state index contributed by atoms with van der Waals surface area (Å²) in [6, 6.07) is 0. The van der Waals surface area contributed by atoms with Crippen LogP contribution in [-0.2, 0) is 0 Å². The predicted molar refractivity (Wildman–Crippen MR) is 125 cm³/mol. The second kappa shape index (κ2) is 8.24. The molecule has 0 amide bonds. The number of terminal acetylenes is 1. The summed E-state index contributed by atoms with van der Waals surface area (Å²) < 4.78 is 0. The fourth-order valence-electron chi connectivity index (χ4n) is 9.52. The van der Waals surface area contributed by atoms with Crippen LogP contribution in [0.25, 0.3) is 0 Å². The molecule has 0 saturated heterocycles. The van der Waals surface area contributed by atoms with E-state index < -0.39 is 0 Å². The van der Waals surface area contributed by atoms with E-state index in [2.05, 4.69) is 40.5 Å². The summed E-state index contributed by atoms with van der Waals surface area (Å²) in [7, 11) is 0. The summed E-state index contributed by atoms with van der Waals surface area (Å²) in [5.74, 6) is 10.1. The maximum Gasteiger partial charge on any atom is 0.0223 e. The third-order valence-corrected chi connectivity index (χ3v) is 11.3. The molecule has 0 aliphatic heterocycles. The monoisotopic (exact) mass is 396 g/mol. The lowest BCUT2D eigenvalue weighted by molar-refractivity contribution is -0.114. The Morgan fingerprint density at radius 3 is 2.31 bits per heavy atom. The van der Waals surface area contributed by atoms with Gasteiger partial charge in [-0.2, -0.15) is 0 Å². The van der Waals surface area contributed by atoms with Crippen LogP contribution in [0.3, 0.4) is 0 Å². The van der Waals surface area contributed by atoms with Gasteiger partial charge in [-0.1, -0.05) is 47.5 Å². The van der Waals surface area contributed by atoms with Gasteiger partial charge in [-0.15, -0.1) is 12.3 Å². The lowest BCUT2D eigenvalue weighted by atomic mass is 9.44. The zero-order valence-corrected chi connectivity index (χ0v) is 20.2. The van der Waals surface area contributed by atoms with Crippen LogP contribution in [0.1, 0.15) is 112 Å². The van der Waals surface area contributed by atoms with Gasteiger partial charge < -0.3 is 0 Å². The molecule has 0 radical (unpaired) electrons.